The average molecular weight is 509 g/mol. The number of non-ortho nitro benzene ring substituents is 1. The van der Waals surface area contributed by atoms with Crippen LogP contribution in [0.25, 0.3) is 10.8 Å². The Morgan fingerprint density at radius 1 is 0.833 bits per heavy atom. The summed E-state index contributed by atoms with van der Waals surface area (Å²) in [6.45, 7) is 2.70. The Balaban J connectivity index is 0.000000236. The van der Waals surface area contributed by atoms with Crippen LogP contribution in [0.5, 0.6) is 5.75 Å². The highest BCUT2D eigenvalue weighted by Crippen LogP contribution is 2.19. The fraction of sp³-hybridized carbons (Fsp3) is 0.185. The largest absolute Gasteiger partial charge is 0.744 e. The van der Waals surface area contributed by atoms with E-state index in [0.717, 1.165) is 54.2 Å². The van der Waals surface area contributed by atoms with Gasteiger partial charge in [0, 0.05) is 17.7 Å². The van der Waals surface area contributed by atoms with Gasteiger partial charge in [0.2, 0.25) is 0 Å². The van der Waals surface area contributed by atoms with Crippen LogP contribution in [-0.4, -0.2) is 49.6 Å². The van der Waals surface area contributed by atoms with Crippen molar-refractivity contribution in [2.45, 2.75) is 11.4 Å². The van der Waals surface area contributed by atoms with E-state index in [-0.39, 0.29) is 0 Å². The zero-order chi connectivity index (χ0) is 26.2. The lowest BCUT2D eigenvalue weighted by molar-refractivity contribution is -0.903. The van der Waals surface area contributed by atoms with Crippen molar-refractivity contribution in [3.8, 4) is 5.75 Å². The molecule has 0 aliphatic rings. The quantitative estimate of drug-likeness (QED) is 0.143. The van der Waals surface area contributed by atoms with Gasteiger partial charge in [-0.1, -0.05) is 60.7 Å². The van der Waals surface area contributed by atoms with Crippen LogP contribution in [0, 0.1) is 10.1 Å². The summed E-state index contributed by atoms with van der Waals surface area (Å²) in [6, 6.07) is 29.3. The van der Waals surface area contributed by atoms with E-state index in [9.17, 15) is 23.1 Å². The molecule has 4 aromatic rings. The maximum Gasteiger partial charge on any atom is 0.270 e. The molecule has 0 fully saturated rings. The van der Waals surface area contributed by atoms with E-state index in [1.165, 1.54) is 16.3 Å². The van der Waals surface area contributed by atoms with Crippen molar-refractivity contribution < 1.29 is 27.1 Å². The van der Waals surface area contributed by atoms with Crippen molar-refractivity contribution in [2.24, 2.45) is 0 Å². The molecule has 4 aromatic carbocycles. The highest BCUT2D eigenvalue weighted by molar-refractivity contribution is 7.85. The van der Waals surface area contributed by atoms with Gasteiger partial charge < -0.3 is 13.8 Å². The Kier molecular flexibility index (Phi) is 8.76. The maximum absolute atomic E-state index is 10.4. The molecule has 188 valence electrons. The molecule has 0 spiro atoms. The Bertz CT molecular complexity index is 1420. The number of rotatable bonds is 8. The Labute approximate surface area is 210 Å². The predicted octanol–water partition coefficient (Wildman–Crippen LogP) is 4.99. The number of ether oxygens (including phenoxy) is 1. The highest BCUT2D eigenvalue weighted by Gasteiger charge is 2.16. The minimum atomic E-state index is -4.61. The van der Waals surface area contributed by atoms with Crippen LogP contribution in [-0.2, 0) is 16.7 Å². The van der Waals surface area contributed by atoms with Crippen LogP contribution in [0.15, 0.2) is 102 Å². The number of para-hydroxylation sites is 1. The molecule has 8 nitrogen and oxygen atoms in total. The van der Waals surface area contributed by atoms with Crippen molar-refractivity contribution in [1.29, 1.82) is 0 Å². The van der Waals surface area contributed by atoms with Crippen LogP contribution in [0.4, 0.5) is 5.69 Å². The van der Waals surface area contributed by atoms with Crippen LogP contribution in [0.3, 0.4) is 0 Å². The summed E-state index contributed by atoms with van der Waals surface area (Å²) in [5.74, 6) is 0.943. The maximum atomic E-state index is 10.4. The Morgan fingerprint density at radius 3 is 2.17 bits per heavy atom. The van der Waals surface area contributed by atoms with Gasteiger partial charge in [-0.2, -0.15) is 0 Å². The first-order valence-electron chi connectivity index (χ1n) is 11.2. The third kappa shape index (κ3) is 8.16. The SMILES string of the molecule is C[N+](C)(CCOc1ccccc1)Cc1ccc2ccccc2c1.O=[N+]([O-])c1cccc(S(=O)(=O)[O-])c1. The summed E-state index contributed by atoms with van der Waals surface area (Å²) in [5.41, 5.74) is 0.949. The summed E-state index contributed by atoms with van der Waals surface area (Å²) in [6.07, 6.45) is 0. The molecule has 0 aliphatic heterocycles. The molecule has 0 amide bonds. The van der Waals surface area contributed by atoms with Crippen molar-refractivity contribution in [1.82, 2.24) is 0 Å². The highest BCUT2D eigenvalue weighted by atomic mass is 32.2. The van der Waals surface area contributed by atoms with Gasteiger partial charge in [-0.3, -0.25) is 10.1 Å². The van der Waals surface area contributed by atoms with E-state index >= 15 is 0 Å². The van der Waals surface area contributed by atoms with Gasteiger partial charge >= 0.3 is 0 Å². The van der Waals surface area contributed by atoms with Gasteiger partial charge in [-0.05, 0) is 35.0 Å². The fourth-order valence-electron chi connectivity index (χ4n) is 3.59. The summed E-state index contributed by atoms with van der Waals surface area (Å²) in [7, 11) is -0.106. The molecule has 9 heteroatoms. The van der Waals surface area contributed by atoms with Gasteiger partial charge in [0.25, 0.3) is 5.69 Å². The normalized spacial score (nSPS) is 11.4. The minimum absolute atomic E-state index is 0.420. The Hall–Kier alpha value is -3.79. The molecule has 0 aromatic heterocycles. The van der Waals surface area contributed by atoms with Crippen molar-refractivity contribution >= 4 is 26.6 Å². The predicted molar refractivity (Wildman–Crippen MR) is 138 cm³/mol. The van der Waals surface area contributed by atoms with E-state index in [1.54, 1.807) is 0 Å². The zero-order valence-electron chi connectivity index (χ0n) is 20.1. The number of hydrogen-bond acceptors (Lipinski definition) is 6. The third-order valence-corrected chi connectivity index (χ3v) is 6.28. The first-order chi connectivity index (χ1) is 17.0. The van der Waals surface area contributed by atoms with Crippen LogP contribution < -0.4 is 4.74 Å². The van der Waals surface area contributed by atoms with E-state index in [1.807, 2.05) is 30.3 Å². The lowest BCUT2D eigenvalue weighted by Gasteiger charge is -2.30. The average Bonchev–Trinajstić information content (AvgIpc) is 2.84. The molecule has 0 saturated carbocycles. The smallest absolute Gasteiger partial charge is 0.270 e. The van der Waals surface area contributed by atoms with Gasteiger partial charge in [0.05, 0.1) is 23.9 Å². The van der Waals surface area contributed by atoms with E-state index in [0.29, 0.717) is 0 Å². The lowest BCUT2D eigenvalue weighted by Crippen LogP contribution is -2.41. The topological polar surface area (TPSA) is 110 Å². The first-order valence-corrected chi connectivity index (χ1v) is 12.6. The van der Waals surface area contributed by atoms with Gasteiger partial charge in [0.15, 0.2) is 0 Å². The molecule has 4 rings (SSSR count). The molecule has 0 unspecified atom stereocenters. The van der Waals surface area contributed by atoms with E-state index < -0.39 is 25.6 Å². The van der Waals surface area contributed by atoms with Gasteiger partial charge in [0.1, 0.15) is 35.6 Å². The standard InChI is InChI=1S/C21H24NO.C6H5NO5S/c1-22(2,14-15-23-21-10-4-3-5-11-21)17-18-12-13-19-8-6-7-9-20(19)16-18;8-7(9)5-2-1-3-6(4-5)13(10,11)12/h3-13,16H,14-15,17H2,1-2H3;1-4H,(H,10,11,12)/q+1;/p-1. The minimum Gasteiger partial charge on any atom is -0.744 e. The van der Waals surface area contributed by atoms with Gasteiger partial charge in [-0.15, -0.1) is 0 Å². The molecule has 0 aliphatic carbocycles. The zero-order valence-corrected chi connectivity index (χ0v) is 20.9. The first kappa shape index (κ1) is 26.8. The molecule has 0 heterocycles. The molecule has 36 heavy (non-hydrogen) atoms. The summed E-state index contributed by atoms with van der Waals surface area (Å²) < 4.78 is 38.0. The fourth-order valence-corrected chi connectivity index (χ4v) is 4.10. The summed E-state index contributed by atoms with van der Waals surface area (Å²) >= 11 is 0. The number of likely N-dealkylation sites (N-methyl/N-ethyl adjacent to an activating group) is 1. The second kappa shape index (κ2) is 11.8. The molecular formula is C27H28N2O6S. The van der Waals surface area contributed by atoms with E-state index in [2.05, 4.69) is 56.6 Å². The number of nitro groups is 1. The third-order valence-electron chi connectivity index (χ3n) is 5.45. The monoisotopic (exact) mass is 508 g/mol. The number of fused-ring (bicyclic) bond motifs is 1. The van der Waals surface area contributed by atoms with Crippen molar-refractivity contribution in [2.75, 3.05) is 27.2 Å². The van der Waals surface area contributed by atoms with Crippen LogP contribution >= 0.6 is 0 Å². The molecule has 0 radical (unpaired) electrons. The molecule has 0 saturated heterocycles. The van der Waals surface area contributed by atoms with Crippen LogP contribution in [0.2, 0.25) is 0 Å². The number of hydrogen-bond donors (Lipinski definition) is 0. The number of nitrogens with zero attached hydrogens (tertiary/aromatic N) is 2. The molecule has 0 bridgehead atoms. The molecule has 0 atom stereocenters. The summed E-state index contributed by atoms with van der Waals surface area (Å²) in [4.78, 5) is 8.82. The van der Waals surface area contributed by atoms with E-state index in [4.69, 9.17) is 4.74 Å². The number of benzene rings is 4. The van der Waals surface area contributed by atoms with Gasteiger partial charge in [-0.25, -0.2) is 8.42 Å². The van der Waals surface area contributed by atoms with Crippen LogP contribution in [0.1, 0.15) is 5.56 Å². The lowest BCUT2D eigenvalue weighted by atomic mass is 10.1. The molecular weight excluding hydrogens is 480 g/mol. The molecule has 0 N–H and O–H groups in total. The second-order valence-corrected chi connectivity index (χ2v) is 10.2. The van der Waals surface area contributed by atoms with Crippen molar-refractivity contribution in [3.05, 3.63) is 113 Å². The summed E-state index contributed by atoms with van der Waals surface area (Å²) in [5, 5.41) is 12.8. The second-order valence-electron chi connectivity index (χ2n) is 8.87. The number of quaternary nitrogens is 1. The Morgan fingerprint density at radius 2 is 1.50 bits per heavy atom. The number of nitro benzene ring substituents is 1. The van der Waals surface area contributed by atoms with Crippen molar-refractivity contribution in [3.63, 3.8) is 0 Å².